The van der Waals surface area contributed by atoms with Crippen molar-refractivity contribution >= 4 is 11.9 Å². The van der Waals surface area contributed by atoms with E-state index in [0.717, 1.165) is 6.07 Å². The molecule has 0 spiro atoms. The summed E-state index contributed by atoms with van der Waals surface area (Å²) in [6, 6.07) is 4.00. The molecule has 2 aromatic rings. The lowest BCUT2D eigenvalue weighted by Gasteiger charge is -2.03. The van der Waals surface area contributed by atoms with Crippen molar-refractivity contribution in [2.45, 2.75) is 0 Å². The van der Waals surface area contributed by atoms with Crippen molar-refractivity contribution < 1.29 is 13.9 Å². The first-order valence-corrected chi connectivity index (χ1v) is 4.95. The minimum Gasteiger partial charge on any atom is -0.465 e. The number of halogens is 1. The molecule has 0 saturated carbocycles. The fourth-order valence-electron chi connectivity index (χ4n) is 1.37. The Balaban J connectivity index is 2.40. The quantitative estimate of drug-likeness (QED) is 0.798. The molecule has 0 radical (unpaired) electrons. The van der Waals surface area contributed by atoms with Crippen LogP contribution in [0.4, 0.5) is 10.3 Å². The number of aromatic nitrogens is 3. The molecule has 0 amide bonds. The summed E-state index contributed by atoms with van der Waals surface area (Å²) >= 11 is 0. The zero-order valence-electron chi connectivity index (χ0n) is 9.42. The highest BCUT2D eigenvalue weighted by Crippen LogP contribution is 2.19. The van der Waals surface area contributed by atoms with Crippen LogP contribution in [0.2, 0.25) is 0 Å². The average Bonchev–Trinajstić information content (AvgIpc) is 2.38. The van der Waals surface area contributed by atoms with E-state index in [2.05, 4.69) is 19.9 Å². The van der Waals surface area contributed by atoms with Crippen molar-refractivity contribution in [1.82, 2.24) is 15.2 Å². The molecular formula is C11H9FN4O2. The van der Waals surface area contributed by atoms with Gasteiger partial charge in [0.25, 0.3) is 0 Å². The second-order valence-corrected chi connectivity index (χ2v) is 3.39. The van der Waals surface area contributed by atoms with Gasteiger partial charge < -0.3 is 10.5 Å². The number of carbonyl (C=O) groups is 1. The number of rotatable bonds is 2. The number of nitrogen functional groups attached to an aromatic ring is 1. The second kappa shape index (κ2) is 4.74. The molecule has 0 unspecified atom stereocenters. The first-order valence-electron chi connectivity index (χ1n) is 4.95. The van der Waals surface area contributed by atoms with Crippen LogP contribution in [0.25, 0.3) is 11.3 Å². The van der Waals surface area contributed by atoms with Gasteiger partial charge in [0.05, 0.1) is 18.9 Å². The van der Waals surface area contributed by atoms with Gasteiger partial charge in [-0.25, -0.2) is 14.2 Å². The normalized spacial score (nSPS) is 10.1. The lowest BCUT2D eigenvalue weighted by atomic mass is 10.1. The number of carbonyl (C=O) groups excluding carboxylic acids is 1. The van der Waals surface area contributed by atoms with E-state index in [0.29, 0.717) is 11.3 Å². The fourth-order valence-corrected chi connectivity index (χ4v) is 1.37. The molecule has 2 rings (SSSR count). The molecule has 18 heavy (non-hydrogen) atoms. The molecule has 1 aromatic heterocycles. The number of hydrogen-bond donors (Lipinski definition) is 1. The molecule has 0 fully saturated rings. The van der Waals surface area contributed by atoms with Gasteiger partial charge in [-0.05, 0) is 12.1 Å². The summed E-state index contributed by atoms with van der Waals surface area (Å²) in [7, 11) is 1.19. The Morgan fingerprint density at radius 2 is 2.17 bits per heavy atom. The molecule has 0 aliphatic heterocycles. The van der Waals surface area contributed by atoms with Gasteiger partial charge in [0, 0.05) is 5.56 Å². The van der Waals surface area contributed by atoms with E-state index in [1.165, 1.54) is 25.4 Å². The zero-order chi connectivity index (χ0) is 13.1. The number of benzene rings is 1. The highest BCUT2D eigenvalue weighted by Gasteiger charge is 2.13. The third-order valence-corrected chi connectivity index (χ3v) is 2.25. The summed E-state index contributed by atoms with van der Waals surface area (Å²) in [5.41, 5.74) is 5.96. The van der Waals surface area contributed by atoms with Crippen LogP contribution in [0.1, 0.15) is 10.4 Å². The summed E-state index contributed by atoms with van der Waals surface area (Å²) in [4.78, 5) is 15.0. The smallest absolute Gasteiger partial charge is 0.340 e. The van der Waals surface area contributed by atoms with Gasteiger partial charge in [0.15, 0.2) is 0 Å². The zero-order valence-corrected chi connectivity index (χ0v) is 9.42. The average molecular weight is 248 g/mol. The number of methoxy groups -OCH3 is 1. The Kier molecular flexibility index (Phi) is 3.13. The Labute approximate surface area is 102 Å². The third kappa shape index (κ3) is 2.24. The molecule has 0 bridgehead atoms. The van der Waals surface area contributed by atoms with Gasteiger partial charge in [-0.2, -0.15) is 0 Å². The Morgan fingerprint density at radius 1 is 1.39 bits per heavy atom. The molecular weight excluding hydrogens is 239 g/mol. The second-order valence-electron chi connectivity index (χ2n) is 3.39. The van der Waals surface area contributed by atoms with Gasteiger partial charge in [0.1, 0.15) is 11.5 Å². The number of anilines is 1. The van der Waals surface area contributed by atoms with Crippen LogP contribution in [0.5, 0.6) is 0 Å². The molecule has 1 heterocycles. The van der Waals surface area contributed by atoms with Crippen molar-refractivity contribution in [3.63, 3.8) is 0 Å². The van der Waals surface area contributed by atoms with Crippen LogP contribution in [-0.2, 0) is 4.74 Å². The number of nitrogens with two attached hydrogens (primary N) is 1. The summed E-state index contributed by atoms with van der Waals surface area (Å²) in [6.45, 7) is 0. The molecule has 2 N–H and O–H groups in total. The maximum absolute atomic E-state index is 13.7. The van der Waals surface area contributed by atoms with Gasteiger partial charge in [-0.1, -0.05) is 6.07 Å². The van der Waals surface area contributed by atoms with E-state index in [1.54, 1.807) is 0 Å². The lowest BCUT2D eigenvalue weighted by molar-refractivity contribution is 0.0595. The number of hydrogen-bond acceptors (Lipinski definition) is 6. The van der Waals surface area contributed by atoms with Gasteiger partial charge in [-0.15, -0.1) is 10.2 Å². The molecule has 0 aliphatic carbocycles. The van der Waals surface area contributed by atoms with Gasteiger partial charge in [-0.3, -0.25) is 0 Å². The minimum atomic E-state index is -0.736. The highest BCUT2D eigenvalue weighted by atomic mass is 19.1. The van der Waals surface area contributed by atoms with E-state index in [-0.39, 0.29) is 11.5 Å². The topological polar surface area (TPSA) is 91.0 Å². The summed E-state index contributed by atoms with van der Waals surface area (Å²) in [5, 5.41) is 7.33. The maximum Gasteiger partial charge on any atom is 0.340 e. The van der Waals surface area contributed by atoms with Crippen molar-refractivity contribution in [2.24, 2.45) is 0 Å². The lowest BCUT2D eigenvalue weighted by Crippen LogP contribution is -2.04. The van der Waals surface area contributed by atoms with Crippen LogP contribution in [0, 0.1) is 5.82 Å². The van der Waals surface area contributed by atoms with Crippen LogP contribution in [0.15, 0.2) is 24.4 Å². The monoisotopic (exact) mass is 248 g/mol. The van der Waals surface area contributed by atoms with Crippen molar-refractivity contribution in [1.29, 1.82) is 0 Å². The van der Waals surface area contributed by atoms with E-state index in [9.17, 15) is 9.18 Å². The molecule has 0 aliphatic rings. The number of esters is 1. The predicted octanol–water partition coefficient (Wildman–Crippen LogP) is 1.05. The molecule has 0 atom stereocenters. The molecule has 1 aromatic carbocycles. The predicted molar refractivity (Wildman–Crippen MR) is 61.0 cm³/mol. The van der Waals surface area contributed by atoms with E-state index in [4.69, 9.17) is 5.73 Å². The van der Waals surface area contributed by atoms with Crippen molar-refractivity contribution in [2.75, 3.05) is 12.8 Å². The Bertz CT molecular complexity index is 586. The van der Waals surface area contributed by atoms with Gasteiger partial charge >= 0.3 is 5.97 Å². The SMILES string of the molecule is COC(=O)c1ccc(-c2cnc(N)nn2)cc1F. The van der Waals surface area contributed by atoms with Crippen LogP contribution >= 0.6 is 0 Å². The van der Waals surface area contributed by atoms with Crippen LogP contribution in [-0.4, -0.2) is 28.3 Å². The van der Waals surface area contributed by atoms with E-state index < -0.39 is 11.8 Å². The molecule has 7 heteroatoms. The van der Waals surface area contributed by atoms with E-state index >= 15 is 0 Å². The maximum atomic E-state index is 13.7. The largest absolute Gasteiger partial charge is 0.465 e. The number of nitrogens with zero attached hydrogens (tertiary/aromatic N) is 3. The van der Waals surface area contributed by atoms with Crippen molar-refractivity contribution in [3.8, 4) is 11.3 Å². The Hall–Kier alpha value is -2.57. The molecule has 0 saturated heterocycles. The number of ether oxygens (including phenoxy) is 1. The standard InChI is InChI=1S/C11H9FN4O2/c1-18-10(17)7-3-2-6(4-8(7)12)9-5-14-11(13)16-15-9/h2-5H,1H3,(H2,13,14,16). The van der Waals surface area contributed by atoms with Crippen LogP contribution < -0.4 is 5.73 Å². The summed E-state index contributed by atoms with van der Waals surface area (Å²) < 4.78 is 18.1. The van der Waals surface area contributed by atoms with Crippen molar-refractivity contribution in [3.05, 3.63) is 35.8 Å². The summed E-state index contributed by atoms with van der Waals surface area (Å²) in [6.07, 6.45) is 1.37. The first kappa shape index (κ1) is 11.9. The van der Waals surface area contributed by atoms with Crippen LogP contribution in [0.3, 0.4) is 0 Å². The molecule has 92 valence electrons. The fraction of sp³-hybridized carbons (Fsp3) is 0.0909. The van der Waals surface area contributed by atoms with E-state index in [1.807, 2.05) is 0 Å². The first-order chi connectivity index (χ1) is 8.61. The Morgan fingerprint density at radius 3 is 2.72 bits per heavy atom. The summed E-state index contributed by atoms with van der Waals surface area (Å²) in [5.74, 6) is -1.40. The highest BCUT2D eigenvalue weighted by molar-refractivity contribution is 5.90. The third-order valence-electron chi connectivity index (χ3n) is 2.25. The van der Waals surface area contributed by atoms with Gasteiger partial charge in [0.2, 0.25) is 5.95 Å². The minimum absolute atomic E-state index is 0.0328. The molecule has 6 nitrogen and oxygen atoms in total.